The second-order valence-corrected chi connectivity index (χ2v) is 3.90. The number of hydrogen-bond donors (Lipinski definition) is 2. The first-order valence-electron chi connectivity index (χ1n) is 4.52. The molecule has 0 fully saturated rings. The van der Waals surface area contributed by atoms with E-state index in [4.69, 9.17) is 16.7 Å². The van der Waals surface area contributed by atoms with E-state index in [9.17, 15) is 9.59 Å². The minimum absolute atomic E-state index is 0.226. The Hall–Kier alpha value is -0.770. The number of nitrogens with one attached hydrogen (secondary N) is 1. The molecule has 0 saturated carbocycles. The van der Waals surface area contributed by atoms with Gasteiger partial charge in [0, 0.05) is 5.88 Å². The predicted octanol–water partition coefficient (Wildman–Crippen LogP) is 1.09. The van der Waals surface area contributed by atoms with Crippen LogP contribution < -0.4 is 5.32 Å². The zero-order valence-electron chi connectivity index (χ0n) is 8.42. The number of carboxylic acid groups (broad SMARTS) is 1. The molecule has 0 aromatic carbocycles. The van der Waals surface area contributed by atoms with Crippen molar-refractivity contribution in [3.8, 4) is 0 Å². The highest BCUT2D eigenvalue weighted by atomic mass is 35.5. The summed E-state index contributed by atoms with van der Waals surface area (Å²) in [5.74, 6) is -1.03. The Morgan fingerprint density at radius 1 is 1.43 bits per heavy atom. The lowest BCUT2D eigenvalue weighted by Crippen LogP contribution is -2.35. The Morgan fingerprint density at radius 2 is 2.00 bits per heavy atom. The van der Waals surface area contributed by atoms with E-state index in [2.05, 4.69) is 5.32 Å². The van der Waals surface area contributed by atoms with Gasteiger partial charge in [0.05, 0.1) is 5.92 Å². The van der Waals surface area contributed by atoms with Gasteiger partial charge in [0.2, 0.25) is 5.91 Å². The highest BCUT2D eigenvalue weighted by molar-refractivity contribution is 6.19. The van der Waals surface area contributed by atoms with Gasteiger partial charge in [0.1, 0.15) is 6.54 Å². The van der Waals surface area contributed by atoms with Crippen LogP contribution in [0.25, 0.3) is 0 Å². The Labute approximate surface area is 88.6 Å². The van der Waals surface area contributed by atoms with E-state index in [1.165, 1.54) is 0 Å². The molecule has 0 saturated heterocycles. The molecule has 1 amide bonds. The van der Waals surface area contributed by atoms with Crippen molar-refractivity contribution in [3.63, 3.8) is 0 Å². The Bertz CT molecular complexity index is 206. The van der Waals surface area contributed by atoms with E-state index < -0.39 is 5.97 Å². The van der Waals surface area contributed by atoms with Gasteiger partial charge in [-0.15, -0.1) is 11.6 Å². The number of carbonyl (C=O) groups is 2. The highest BCUT2D eigenvalue weighted by Gasteiger charge is 2.18. The zero-order valence-corrected chi connectivity index (χ0v) is 9.17. The minimum Gasteiger partial charge on any atom is -0.480 e. The number of halogens is 1. The fraction of sp³-hybridized carbons (Fsp3) is 0.778. The lowest BCUT2D eigenvalue weighted by molar-refractivity contribution is -0.138. The lowest BCUT2D eigenvalue weighted by atomic mass is 9.98. The molecule has 2 N–H and O–H groups in total. The average molecular weight is 222 g/mol. The van der Waals surface area contributed by atoms with Crippen LogP contribution in [0.15, 0.2) is 0 Å². The second kappa shape index (κ2) is 6.65. The van der Waals surface area contributed by atoms with E-state index in [1.807, 2.05) is 13.8 Å². The number of aliphatic carboxylic acids is 1. The van der Waals surface area contributed by atoms with Crippen LogP contribution in [0.3, 0.4) is 0 Å². The van der Waals surface area contributed by atoms with Gasteiger partial charge in [-0.25, -0.2) is 0 Å². The predicted molar refractivity (Wildman–Crippen MR) is 54.3 cm³/mol. The van der Waals surface area contributed by atoms with Gasteiger partial charge in [-0.3, -0.25) is 9.59 Å². The summed E-state index contributed by atoms with van der Waals surface area (Å²) >= 11 is 5.61. The molecule has 0 aliphatic rings. The van der Waals surface area contributed by atoms with Crippen molar-refractivity contribution in [1.82, 2.24) is 5.32 Å². The summed E-state index contributed by atoms with van der Waals surface area (Å²) in [6.07, 6.45) is 0.676. The fourth-order valence-electron chi connectivity index (χ4n) is 1.12. The second-order valence-electron chi connectivity index (χ2n) is 3.59. The van der Waals surface area contributed by atoms with E-state index in [-0.39, 0.29) is 24.2 Å². The number of rotatable bonds is 6. The lowest BCUT2D eigenvalue weighted by Gasteiger charge is -2.14. The van der Waals surface area contributed by atoms with Crippen LogP contribution in [-0.2, 0) is 9.59 Å². The van der Waals surface area contributed by atoms with Crippen molar-refractivity contribution in [2.24, 2.45) is 11.8 Å². The number of amides is 1. The van der Waals surface area contributed by atoms with Crippen LogP contribution in [0.2, 0.25) is 0 Å². The molecule has 0 aromatic rings. The SMILES string of the molecule is CC(C)C[C@@H](CCl)C(=O)NCC(=O)O. The summed E-state index contributed by atoms with van der Waals surface area (Å²) in [5.41, 5.74) is 0. The quantitative estimate of drug-likeness (QED) is 0.660. The van der Waals surface area contributed by atoms with Gasteiger partial charge in [-0.05, 0) is 12.3 Å². The van der Waals surface area contributed by atoms with Gasteiger partial charge in [-0.1, -0.05) is 13.8 Å². The van der Waals surface area contributed by atoms with Crippen molar-refractivity contribution < 1.29 is 14.7 Å². The molecule has 0 unspecified atom stereocenters. The molecule has 0 radical (unpaired) electrons. The minimum atomic E-state index is -1.05. The first-order chi connectivity index (χ1) is 6.47. The molecule has 82 valence electrons. The van der Waals surface area contributed by atoms with Gasteiger partial charge >= 0.3 is 5.97 Å². The molecule has 0 aromatic heterocycles. The van der Waals surface area contributed by atoms with Crippen LogP contribution in [0.5, 0.6) is 0 Å². The summed E-state index contributed by atoms with van der Waals surface area (Å²) in [7, 11) is 0. The van der Waals surface area contributed by atoms with Crippen LogP contribution >= 0.6 is 11.6 Å². The van der Waals surface area contributed by atoms with E-state index in [1.54, 1.807) is 0 Å². The molecular weight excluding hydrogens is 206 g/mol. The standard InChI is InChI=1S/C9H16ClNO3/c1-6(2)3-7(4-10)9(14)11-5-8(12)13/h6-7H,3-5H2,1-2H3,(H,11,14)(H,12,13)/t7-/m0/s1. The zero-order chi connectivity index (χ0) is 11.1. The Balaban J connectivity index is 3.97. The van der Waals surface area contributed by atoms with Crippen molar-refractivity contribution in [2.45, 2.75) is 20.3 Å². The monoisotopic (exact) mass is 221 g/mol. The van der Waals surface area contributed by atoms with Gasteiger partial charge in [-0.2, -0.15) is 0 Å². The molecule has 0 spiro atoms. The highest BCUT2D eigenvalue weighted by Crippen LogP contribution is 2.13. The van der Waals surface area contributed by atoms with E-state index in [0.717, 1.165) is 0 Å². The molecule has 0 aliphatic heterocycles. The normalized spacial score (nSPS) is 12.6. The maximum absolute atomic E-state index is 11.4. The van der Waals surface area contributed by atoms with E-state index >= 15 is 0 Å². The number of carbonyl (C=O) groups excluding carboxylic acids is 1. The third kappa shape index (κ3) is 5.80. The van der Waals surface area contributed by atoms with Crippen molar-refractivity contribution in [3.05, 3.63) is 0 Å². The first-order valence-corrected chi connectivity index (χ1v) is 5.06. The average Bonchev–Trinajstić information content (AvgIpc) is 2.09. The molecule has 0 aliphatic carbocycles. The molecule has 1 atom stereocenters. The van der Waals surface area contributed by atoms with E-state index in [0.29, 0.717) is 12.3 Å². The molecular formula is C9H16ClNO3. The Morgan fingerprint density at radius 3 is 2.36 bits per heavy atom. The largest absolute Gasteiger partial charge is 0.480 e. The van der Waals surface area contributed by atoms with Crippen LogP contribution in [0.4, 0.5) is 0 Å². The van der Waals surface area contributed by atoms with Crippen molar-refractivity contribution in [1.29, 1.82) is 0 Å². The molecule has 5 heteroatoms. The Kier molecular flexibility index (Phi) is 6.28. The van der Waals surface area contributed by atoms with Gasteiger partial charge in [0.15, 0.2) is 0 Å². The molecule has 0 bridgehead atoms. The van der Waals surface area contributed by atoms with Crippen molar-refractivity contribution in [2.75, 3.05) is 12.4 Å². The molecule has 4 nitrogen and oxygen atoms in total. The third-order valence-corrected chi connectivity index (χ3v) is 2.10. The third-order valence-electron chi connectivity index (χ3n) is 1.73. The number of alkyl halides is 1. The number of carboxylic acids is 1. The number of hydrogen-bond acceptors (Lipinski definition) is 2. The van der Waals surface area contributed by atoms with Crippen LogP contribution in [0, 0.1) is 11.8 Å². The maximum Gasteiger partial charge on any atom is 0.322 e. The first kappa shape index (κ1) is 13.2. The molecule has 0 heterocycles. The summed E-state index contributed by atoms with van der Waals surface area (Å²) < 4.78 is 0. The van der Waals surface area contributed by atoms with Crippen LogP contribution in [0.1, 0.15) is 20.3 Å². The molecule has 14 heavy (non-hydrogen) atoms. The topological polar surface area (TPSA) is 66.4 Å². The van der Waals surface area contributed by atoms with Gasteiger partial charge in [0.25, 0.3) is 0 Å². The van der Waals surface area contributed by atoms with Gasteiger partial charge < -0.3 is 10.4 Å². The smallest absolute Gasteiger partial charge is 0.322 e. The summed E-state index contributed by atoms with van der Waals surface area (Å²) in [6.45, 7) is 3.64. The van der Waals surface area contributed by atoms with Crippen LogP contribution in [-0.4, -0.2) is 29.4 Å². The molecule has 0 rings (SSSR count). The fourth-order valence-corrected chi connectivity index (χ4v) is 1.38. The maximum atomic E-state index is 11.4. The summed E-state index contributed by atoms with van der Waals surface area (Å²) in [5, 5.41) is 10.7. The summed E-state index contributed by atoms with van der Waals surface area (Å²) in [6, 6.07) is 0. The van der Waals surface area contributed by atoms with Crippen molar-refractivity contribution >= 4 is 23.5 Å². The summed E-state index contributed by atoms with van der Waals surface area (Å²) in [4.78, 5) is 21.5.